The van der Waals surface area contributed by atoms with Crippen LogP contribution >= 0.6 is 0 Å². The number of fused-ring (bicyclic) bond motifs is 1. The lowest BCUT2D eigenvalue weighted by molar-refractivity contribution is -0.0744. The van der Waals surface area contributed by atoms with Crippen molar-refractivity contribution in [3.63, 3.8) is 0 Å². The quantitative estimate of drug-likeness (QED) is 0.924. The molecule has 1 fully saturated rings. The molecule has 2 N–H and O–H groups in total. The minimum atomic E-state index is 0.154. The number of hydrogen-bond acceptors (Lipinski definition) is 4. The Balaban J connectivity index is 1.75. The minimum absolute atomic E-state index is 0.154. The molecule has 0 amide bonds. The summed E-state index contributed by atoms with van der Waals surface area (Å²) in [6, 6.07) is 10.6. The van der Waals surface area contributed by atoms with Crippen molar-refractivity contribution in [3.8, 4) is 0 Å². The largest absolute Gasteiger partial charge is 0.371 e. The van der Waals surface area contributed by atoms with Gasteiger partial charge in [-0.25, -0.2) is 0 Å². The molecule has 0 aliphatic carbocycles. The summed E-state index contributed by atoms with van der Waals surface area (Å²) in [6.45, 7) is 5.50. The fourth-order valence-corrected chi connectivity index (χ4v) is 2.88. The van der Waals surface area contributed by atoms with Crippen molar-refractivity contribution >= 4 is 10.9 Å². The topological polar surface area (TPSA) is 51.4 Å². The summed E-state index contributed by atoms with van der Waals surface area (Å²) < 4.78 is 5.80. The van der Waals surface area contributed by atoms with Crippen LogP contribution in [0.2, 0.25) is 0 Å². The monoisotopic (exact) mass is 271 g/mol. The summed E-state index contributed by atoms with van der Waals surface area (Å²) in [6.07, 6.45) is 2.23. The van der Waals surface area contributed by atoms with Crippen molar-refractivity contribution < 1.29 is 4.74 Å². The van der Waals surface area contributed by atoms with Gasteiger partial charge < -0.3 is 10.5 Å². The van der Waals surface area contributed by atoms with Crippen molar-refractivity contribution in [2.75, 3.05) is 19.6 Å². The number of nitrogens with zero attached hydrogens (tertiary/aromatic N) is 2. The van der Waals surface area contributed by atoms with Gasteiger partial charge in [-0.15, -0.1) is 0 Å². The van der Waals surface area contributed by atoms with Crippen molar-refractivity contribution in [3.05, 3.63) is 42.1 Å². The van der Waals surface area contributed by atoms with Gasteiger partial charge in [0.1, 0.15) is 0 Å². The number of rotatable bonds is 3. The van der Waals surface area contributed by atoms with Gasteiger partial charge in [0.25, 0.3) is 0 Å². The third kappa shape index (κ3) is 2.98. The summed E-state index contributed by atoms with van der Waals surface area (Å²) in [5.41, 5.74) is 8.10. The molecule has 2 unspecified atom stereocenters. The average molecular weight is 271 g/mol. The van der Waals surface area contributed by atoms with E-state index in [9.17, 15) is 0 Å². The Morgan fingerprint density at radius 1 is 1.35 bits per heavy atom. The molecule has 20 heavy (non-hydrogen) atoms. The van der Waals surface area contributed by atoms with Gasteiger partial charge in [-0.3, -0.25) is 9.88 Å². The lowest BCUT2D eigenvalue weighted by atomic mass is 10.1. The highest BCUT2D eigenvalue weighted by Crippen LogP contribution is 2.17. The van der Waals surface area contributed by atoms with Gasteiger partial charge in [0.15, 0.2) is 0 Å². The zero-order chi connectivity index (χ0) is 13.9. The minimum Gasteiger partial charge on any atom is -0.371 e. The number of aromatic nitrogens is 1. The Bertz CT molecular complexity index is 587. The van der Waals surface area contributed by atoms with E-state index in [2.05, 4.69) is 41.1 Å². The molecular formula is C16H21N3O. The van der Waals surface area contributed by atoms with Crippen LogP contribution in [0.15, 0.2) is 36.5 Å². The molecule has 0 radical (unpaired) electrons. The van der Waals surface area contributed by atoms with Crippen LogP contribution in [0.4, 0.5) is 0 Å². The van der Waals surface area contributed by atoms with Crippen LogP contribution in [0.3, 0.4) is 0 Å². The Morgan fingerprint density at radius 3 is 3.10 bits per heavy atom. The molecule has 3 rings (SSSR count). The van der Waals surface area contributed by atoms with Gasteiger partial charge in [0.05, 0.1) is 17.7 Å². The normalized spacial score (nSPS) is 24.1. The maximum atomic E-state index is 5.80. The first-order valence-electron chi connectivity index (χ1n) is 7.16. The smallest absolute Gasteiger partial charge is 0.0828 e. The zero-order valence-corrected chi connectivity index (χ0v) is 11.8. The first-order valence-corrected chi connectivity index (χ1v) is 7.16. The molecule has 2 atom stereocenters. The summed E-state index contributed by atoms with van der Waals surface area (Å²) in [4.78, 5) is 6.78. The van der Waals surface area contributed by atoms with Crippen LogP contribution in [0.5, 0.6) is 0 Å². The maximum Gasteiger partial charge on any atom is 0.0828 e. The predicted octanol–water partition coefficient (Wildman–Crippen LogP) is 1.78. The van der Waals surface area contributed by atoms with Crippen LogP contribution in [-0.2, 0) is 11.3 Å². The van der Waals surface area contributed by atoms with E-state index < -0.39 is 0 Å². The van der Waals surface area contributed by atoms with Crippen LogP contribution in [-0.4, -0.2) is 41.7 Å². The third-order valence-corrected chi connectivity index (χ3v) is 3.74. The van der Waals surface area contributed by atoms with Crippen LogP contribution < -0.4 is 5.73 Å². The first kappa shape index (κ1) is 13.5. The molecule has 4 nitrogen and oxygen atoms in total. The molecule has 1 aromatic heterocycles. The van der Waals surface area contributed by atoms with Gasteiger partial charge in [0, 0.05) is 37.8 Å². The van der Waals surface area contributed by atoms with Crippen LogP contribution in [0.25, 0.3) is 10.9 Å². The molecule has 4 heteroatoms. The molecule has 0 bridgehead atoms. The maximum absolute atomic E-state index is 5.80. The summed E-state index contributed by atoms with van der Waals surface area (Å²) in [7, 11) is 0. The molecule has 0 spiro atoms. The van der Waals surface area contributed by atoms with E-state index in [1.807, 2.05) is 12.3 Å². The average Bonchev–Trinajstić information content (AvgIpc) is 2.46. The highest BCUT2D eigenvalue weighted by Gasteiger charge is 2.24. The lowest BCUT2D eigenvalue weighted by Crippen LogP contribution is -2.48. The van der Waals surface area contributed by atoms with E-state index in [0.29, 0.717) is 6.54 Å². The summed E-state index contributed by atoms with van der Waals surface area (Å²) in [5.74, 6) is 0. The van der Waals surface area contributed by atoms with Crippen molar-refractivity contribution in [2.24, 2.45) is 5.73 Å². The molecule has 0 saturated carbocycles. The van der Waals surface area contributed by atoms with E-state index in [4.69, 9.17) is 10.5 Å². The van der Waals surface area contributed by atoms with E-state index in [0.717, 1.165) is 25.2 Å². The highest BCUT2D eigenvalue weighted by molar-refractivity contribution is 5.78. The number of benzene rings is 1. The molecule has 1 aliphatic rings. The molecular weight excluding hydrogens is 250 g/mol. The number of hydrogen-bond donors (Lipinski definition) is 1. The van der Waals surface area contributed by atoms with Crippen molar-refractivity contribution in [1.29, 1.82) is 0 Å². The molecule has 1 aromatic carbocycles. The molecule has 1 saturated heterocycles. The second-order valence-corrected chi connectivity index (χ2v) is 5.53. The van der Waals surface area contributed by atoms with Crippen LogP contribution in [0.1, 0.15) is 12.5 Å². The van der Waals surface area contributed by atoms with E-state index >= 15 is 0 Å². The van der Waals surface area contributed by atoms with Gasteiger partial charge in [0.2, 0.25) is 0 Å². The van der Waals surface area contributed by atoms with Crippen molar-refractivity contribution in [2.45, 2.75) is 25.7 Å². The predicted molar refractivity (Wildman–Crippen MR) is 80.4 cm³/mol. The Morgan fingerprint density at radius 2 is 2.25 bits per heavy atom. The first-order chi connectivity index (χ1) is 9.74. The third-order valence-electron chi connectivity index (χ3n) is 3.74. The Hall–Kier alpha value is -1.49. The molecule has 2 heterocycles. The lowest BCUT2D eigenvalue weighted by Gasteiger charge is -2.36. The Kier molecular flexibility index (Phi) is 3.96. The van der Waals surface area contributed by atoms with Gasteiger partial charge >= 0.3 is 0 Å². The van der Waals surface area contributed by atoms with E-state index in [1.54, 1.807) is 0 Å². The van der Waals surface area contributed by atoms with Gasteiger partial charge in [-0.1, -0.05) is 12.1 Å². The number of pyridine rings is 1. The SMILES string of the molecule is CC1CN(Cc2ccc3ncccc3c2)CC(CN)O1. The van der Waals surface area contributed by atoms with E-state index in [1.165, 1.54) is 10.9 Å². The number of morpholine rings is 1. The standard InChI is InChI=1S/C16H21N3O/c1-12-9-19(11-15(8-17)20-12)10-13-4-5-16-14(7-13)3-2-6-18-16/h2-7,12,15H,8-11,17H2,1H3. The number of nitrogens with two attached hydrogens (primary N) is 1. The van der Waals surface area contributed by atoms with Crippen LogP contribution in [0, 0.1) is 0 Å². The zero-order valence-electron chi connectivity index (χ0n) is 11.8. The molecule has 1 aliphatic heterocycles. The van der Waals surface area contributed by atoms with E-state index in [-0.39, 0.29) is 12.2 Å². The molecule has 106 valence electrons. The Labute approximate surface area is 119 Å². The summed E-state index contributed by atoms with van der Waals surface area (Å²) >= 11 is 0. The van der Waals surface area contributed by atoms with Gasteiger partial charge in [-0.05, 0) is 30.7 Å². The molecule has 2 aromatic rings. The van der Waals surface area contributed by atoms with Crippen molar-refractivity contribution in [1.82, 2.24) is 9.88 Å². The number of ether oxygens (including phenoxy) is 1. The fourth-order valence-electron chi connectivity index (χ4n) is 2.88. The second kappa shape index (κ2) is 5.87. The second-order valence-electron chi connectivity index (χ2n) is 5.53. The summed E-state index contributed by atoms with van der Waals surface area (Å²) in [5, 5.41) is 1.20. The fraction of sp³-hybridized carbons (Fsp3) is 0.438. The van der Waals surface area contributed by atoms with Gasteiger partial charge in [-0.2, -0.15) is 0 Å². The highest BCUT2D eigenvalue weighted by atomic mass is 16.5.